The van der Waals surface area contributed by atoms with E-state index in [1.54, 1.807) is 30.3 Å². The standard InChI is InChI=1S/C24H20ClN3O5S/c1-3-9-32-17-7-5-13(10-18(17)31-4-2)20-19-21(29)15-11-14(25)6-8-16(15)33-22(19)23(30)28(20)24-27-26-12-34-24/h5-8,10-12,20H,3-4,9H2,1-2H3. The summed E-state index contributed by atoms with van der Waals surface area (Å²) in [7, 11) is 0. The van der Waals surface area contributed by atoms with E-state index in [1.807, 2.05) is 19.9 Å². The van der Waals surface area contributed by atoms with Crippen molar-refractivity contribution in [3.8, 4) is 11.5 Å². The molecule has 10 heteroatoms. The third-order valence-electron chi connectivity index (χ3n) is 5.43. The predicted molar refractivity (Wildman–Crippen MR) is 129 cm³/mol. The van der Waals surface area contributed by atoms with E-state index in [9.17, 15) is 9.59 Å². The molecule has 0 bridgehead atoms. The van der Waals surface area contributed by atoms with Gasteiger partial charge in [-0.1, -0.05) is 35.9 Å². The highest BCUT2D eigenvalue weighted by Gasteiger charge is 2.45. The van der Waals surface area contributed by atoms with Crippen LogP contribution < -0.4 is 19.8 Å². The van der Waals surface area contributed by atoms with Crippen LogP contribution in [0.5, 0.6) is 11.5 Å². The Morgan fingerprint density at radius 1 is 1.12 bits per heavy atom. The maximum Gasteiger partial charge on any atom is 0.297 e. The number of hydrogen-bond donors (Lipinski definition) is 0. The fourth-order valence-electron chi connectivity index (χ4n) is 4.02. The van der Waals surface area contributed by atoms with Crippen LogP contribution in [-0.4, -0.2) is 29.3 Å². The second-order valence-electron chi connectivity index (χ2n) is 7.60. The van der Waals surface area contributed by atoms with Crippen molar-refractivity contribution in [2.24, 2.45) is 0 Å². The molecule has 2 aromatic heterocycles. The van der Waals surface area contributed by atoms with Crippen LogP contribution in [0.25, 0.3) is 11.0 Å². The molecule has 174 valence electrons. The average Bonchev–Trinajstić information content (AvgIpc) is 3.46. The summed E-state index contributed by atoms with van der Waals surface area (Å²) in [5.41, 5.74) is 2.37. The number of nitrogens with zero attached hydrogens (tertiary/aromatic N) is 3. The number of halogens is 1. The maximum atomic E-state index is 13.6. The number of hydrogen-bond acceptors (Lipinski definition) is 8. The third-order valence-corrected chi connectivity index (χ3v) is 6.36. The fourth-order valence-corrected chi connectivity index (χ4v) is 4.78. The quantitative estimate of drug-likeness (QED) is 0.344. The number of benzene rings is 2. The molecule has 4 aromatic rings. The van der Waals surface area contributed by atoms with Gasteiger partial charge in [0, 0.05) is 5.02 Å². The topological polar surface area (TPSA) is 94.8 Å². The highest BCUT2D eigenvalue weighted by molar-refractivity contribution is 7.13. The summed E-state index contributed by atoms with van der Waals surface area (Å²) in [4.78, 5) is 28.6. The summed E-state index contributed by atoms with van der Waals surface area (Å²) in [6.07, 6.45) is 0.847. The zero-order valence-electron chi connectivity index (χ0n) is 18.4. The molecule has 3 heterocycles. The summed E-state index contributed by atoms with van der Waals surface area (Å²) in [6.45, 7) is 4.86. The van der Waals surface area contributed by atoms with E-state index in [0.29, 0.717) is 45.8 Å². The summed E-state index contributed by atoms with van der Waals surface area (Å²) < 4.78 is 17.6. The van der Waals surface area contributed by atoms with Crippen molar-refractivity contribution < 1.29 is 18.7 Å². The van der Waals surface area contributed by atoms with Gasteiger partial charge in [0.25, 0.3) is 5.91 Å². The van der Waals surface area contributed by atoms with Crippen molar-refractivity contribution >= 4 is 44.9 Å². The molecule has 1 unspecified atom stereocenters. The first-order chi connectivity index (χ1) is 16.5. The second-order valence-corrected chi connectivity index (χ2v) is 8.85. The smallest absolute Gasteiger partial charge is 0.297 e. The van der Waals surface area contributed by atoms with E-state index in [0.717, 1.165) is 6.42 Å². The summed E-state index contributed by atoms with van der Waals surface area (Å²) in [5, 5.41) is 9.03. The minimum absolute atomic E-state index is 0.0238. The Morgan fingerprint density at radius 3 is 2.71 bits per heavy atom. The molecule has 0 saturated carbocycles. The van der Waals surface area contributed by atoms with Gasteiger partial charge in [-0.15, -0.1) is 10.2 Å². The summed E-state index contributed by atoms with van der Waals surface area (Å²) >= 11 is 7.34. The molecule has 1 atom stereocenters. The molecular weight excluding hydrogens is 478 g/mol. The van der Waals surface area contributed by atoms with Gasteiger partial charge in [-0.05, 0) is 49.2 Å². The van der Waals surface area contributed by atoms with Gasteiger partial charge in [0.1, 0.15) is 11.1 Å². The summed E-state index contributed by atoms with van der Waals surface area (Å²) in [6, 6.07) is 9.36. The molecule has 1 aliphatic heterocycles. The maximum absolute atomic E-state index is 13.6. The van der Waals surface area contributed by atoms with Gasteiger partial charge in [-0.2, -0.15) is 0 Å². The van der Waals surface area contributed by atoms with Crippen LogP contribution in [0.2, 0.25) is 5.02 Å². The first kappa shape index (κ1) is 22.4. The Labute approximate surface area is 203 Å². The first-order valence-electron chi connectivity index (χ1n) is 10.8. The number of fused-ring (bicyclic) bond motifs is 2. The van der Waals surface area contributed by atoms with Crippen LogP contribution in [0.15, 0.2) is 51.1 Å². The number of anilines is 1. The Kier molecular flexibility index (Phi) is 5.97. The molecule has 0 saturated heterocycles. The van der Waals surface area contributed by atoms with Gasteiger partial charge in [0.15, 0.2) is 16.9 Å². The molecule has 8 nitrogen and oxygen atoms in total. The van der Waals surface area contributed by atoms with Gasteiger partial charge in [0.2, 0.25) is 10.9 Å². The second kappa shape index (κ2) is 9.08. The average molecular weight is 498 g/mol. The monoisotopic (exact) mass is 497 g/mol. The Balaban J connectivity index is 1.74. The highest BCUT2D eigenvalue weighted by atomic mass is 35.5. The molecule has 2 aromatic carbocycles. The zero-order valence-corrected chi connectivity index (χ0v) is 20.0. The lowest BCUT2D eigenvalue weighted by atomic mass is 9.98. The lowest BCUT2D eigenvalue weighted by molar-refractivity contribution is 0.0970. The lowest BCUT2D eigenvalue weighted by Crippen LogP contribution is -2.29. The van der Waals surface area contributed by atoms with Crippen LogP contribution in [0.4, 0.5) is 5.13 Å². The van der Waals surface area contributed by atoms with Crippen LogP contribution >= 0.6 is 22.9 Å². The summed E-state index contributed by atoms with van der Waals surface area (Å²) in [5.74, 6) is 0.635. The SMILES string of the molecule is CCCOc1ccc(C2c3c(oc4ccc(Cl)cc4c3=O)C(=O)N2c2nncs2)cc1OCC. The number of amides is 1. The van der Waals surface area contributed by atoms with Crippen LogP contribution in [0.3, 0.4) is 0 Å². The number of ether oxygens (including phenoxy) is 2. The Morgan fingerprint density at radius 2 is 1.97 bits per heavy atom. The molecule has 0 fully saturated rings. The minimum atomic E-state index is -0.783. The fraction of sp³-hybridized carbons (Fsp3) is 0.250. The van der Waals surface area contributed by atoms with Gasteiger partial charge < -0.3 is 13.9 Å². The van der Waals surface area contributed by atoms with E-state index >= 15 is 0 Å². The normalized spacial score (nSPS) is 15.1. The van der Waals surface area contributed by atoms with Crippen LogP contribution in [-0.2, 0) is 0 Å². The van der Waals surface area contributed by atoms with Crippen molar-refractivity contribution in [2.45, 2.75) is 26.3 Å². The molecule has 34 heavy (non-hydrogen) atoms. The van der Waals surface area contributed by atoms with E-state index in [4.69, 9.17) is 25.5 Å². The van der Waals surface area contributed by atoms with Gasteiger partial charge in [-0.3, -0.25) is 14.5 Å². The van der Waals surface area contributed by atoms with Crippen molar-refractivity contribution in [3.05, 3.63) is 74.0 Å². The van der Waals surface area contributed by atoms with Gasteiger partial charge >= 0.3 is 0 Å². The third kappa shape index (κ3) is 3.70. The molecular formula is C24H20ClN3O5S. The van der Waals surface area contributed by atoms with E-state index < -0.39 is 11.9 Å². The van der Waals surface area contributed by atoms with E-state index in [2.05, 4.69) is 10.2 Å². The predicted octanol–water partition coefficient (Wildman–Crippen LogP) is 5.24. The minimum Gasteiger partial charge on any atom is -0.490 e. The Bertz CT molecular complexity index is 1440. The molecule has 0 spiro atoms. The van der Waals surface area contributed by atoms with Crippen LogP contribution in [0.1, 0.15) is 48.0 Å². The highest BCUT2D eigenvalue weighted by Crippen LogP contribution is 2.43. The van der Waals surface area contributed by atoms with Gasteiger partial charge in [-0.25, -0.2) is 0 Å². The lowest BCUT2D eigenvalue weighted by Gasteiger charge is -2.23. The molecule has 0 aliphatic carbocycles. The molecule has 1 aliphatic rings. The van der Waals surface area contributed by atoms with Crippen LogP contribution in [0, 0.1) is 0 Å². The first-order valence-corrected chi connectivity index (χ1v) is 12.0. The Hall–Kier alpha value is -3.43. The van der Waals surface area contributed by atoms with Crippen molar-refractivity contribution in [3.63, 3.8) is 0 Å². The molecule has 5 rings (SSSR count). The molecule has 1 amide bonds. The number of rotatable bonds is 7. The number of carbonyl (C=O) groups excluding carboxylic acids is 1. The molecule has 0 N–H and O–H groups in total. The largest absolute Gasteiger partial charge is 0.490 e. The zero-order chi connectivity index (χ0) is 23.8. The molecule has 0 radical (unpaired) electrons. The van der Waals surface area contributed by atoms with Crippen molar-refractivity contribution in [2.75, 3.05) is 18.1 Å². The van der Waals surface area contributed by atoms with Crippen molar-refractivity contribution in [1.29, 1.82) is 0 Å². The van der Waals surface area contributed by atoms with Crippen molar-refractivity contribution in [1.82, 2.24) is 10.2 Å². The number of carbonyl (C=O) groups is 1. The van der Waals surface area contributed by atoms with E-state index in [1.165, 1.54) is 21.7 Å². The van der Waals surface area contributed by atoms with E-state index in [-0.39, 0.29) is 22.3 Å². The van der Waals surface area contributed by atoms with Gasteiger partial charge in [0.05, 0.1) is 30.2 Å². The number of aromatic nitrogens is 2.